The number of pyridine rings is 1. The number of halogens is 4. The molecular weight excluding hydrogens is 520 g/mol. The number of hydrogen-bond acceptors (Lipinski definition) is 6. The second-order valence-corrected chi connectivity index (χ2v) is 10.6. The van der Waals surface area contributed by atoms with Gasteiger partial charge in [0.15, 0.2) is 5.78 Å². The molecule has 0 spiro atoms. The van der Waals surface area contributed by atoms with Crippen LogP contribution in [0, 0.1) is 5.82 Å². The number of H-pyrrole nitrogens is 1. The molecule has 2 aromatic heterocycles. The highest BCUT2D eigenvalue weighted by molar-refractivity contribution is 5.94. The van der Waals surface area contributed by atoms with E-state index in [4.69, 9.17) is 4.74 Å². The molecule has 8 nitrogen and oxygen atoms in total. The van der Waals surface area contributed by atoms with Gasteiger partial charge in [0.1, 0.15) is 17.1 Å². The number of alkyl carbamates (subject to hydrolysis) is 1. The molecule has 210 valence electrons. The van der Waals surface area contributed by atoms with Gasteiger partial charge in [0, 0.05) is 12.0 Å². The van der Waals surface area contributed by atoms with E-state index in [1.807, 2.05) is 0 Å². The standard InChI is InChI=1S/C27H30F4N4O4/c1-24(2,3)39-23(37)35-25(4,5)17-12-19(16-6-8-18(28)9-7-16)34-22(13-17)26(38,27(29,30)31)11-10-21(36)20-14-32-15-33-20/h6-9,12-15,38H,10-11H2,1-5H3,(H,32,33)(H,35,37). The zero-order chi connectivity index (χ0) is 29.2. The average Bonchev–Trinajstić information content (AvgIpc) is 3.35. The van der Waals surface area contributed by atoms with Crippen LogP contribution in [0.15, 0.2) is 48.9 Å². The van der Waals surface area contributed by atoms with E-state index in [1.54, 1.807) is 34.6 Å². The Labute approximate surface area is 222 Å². The number of benzene rings is 1. The molecule has 1 unspecified atom stereocenters. The number of alkyl halides is 3. The van der Waals surface area contributed by atoms with Gasteiger partial charge in [-0.05, 0) is 83.0 Å². The highest BCUT2D eigenvalue weighted by Gasteiger charge is 2.56. The van der Waals surface area contributed by atoms with E-state index in [0.717, 1.165) is 18.2 Å². The van der Waals surface area contributed by atoms with Gasteiger partial charge in [0.25, 0.3) is 0 Å². The molecule has 0 fully saturated rings. The summed E-state index contributed by atoms with van der Waals surface area (Å²) in [7, 11) is 0. The van der Waals surface area contributed by atoms with Gasteiger partial charge >= 0.3 is 12.3 Å². The number of aromatic nitrogens is 3. The van der Waals surface area contributed by atoms with Gasteiger partial charge in [-0.3, -0.25) is 4.79 Å². The fourth-order valence-corrected chi connectivity index (χ4v) is 3.76. The van der Waals surface area contributed by atoms with E-state index in [0.29, 0.717) is 0 Å². The Morgan fingerprint density at radius 2 is 1.69 bits per heavy atom. The molecule has 0 radical (unpaired) electrons. The van der Waals surface area contributed by atoms with Gasteiger partial charge in [0.2, 0.25) is 5.60 Å². The number of rotatable bonds is 8. The monoisotopic (exact) mass is 550 g/mol. The number of carbonyl (C=O) groups is 2. The van der Waals surface area contributed by atoms with Crippen molar-refractivity contribution in [3.8, 4) is 11.3 Å². The van der Waals surface area contributed by atoms with Crippen molar-refractivity contribution < 1.29 is 37.0 Å². The van der Waals surface area contributed by atoms with Crippen LogP contribution >= 0.6 is 0 Å². The molecule has 0 bridgehead atoms. The first-order valence-electron chi connectivity index (χ1n) is 12.0. The van der Waals surface area contributed by atoms with Crippen LogP contribution in [0.4, 0.5) is 22.4 Å². The summed E-state index contributed by atoms with van der Waals surface area (Å²) in [4.78, 5) is 35.2. The lowest BCUT2D eigenvalue weighted by atomic mass is 9.86. The third kappa shape index (κ3) is 7.20. The van der Waals surface area contributed by atoms with E-state index >= 15 is 0 Å². The highest BCUT2D eigenvalue weighted by Crippen LogP contribution is 2.43. The van der Waals surface area contributed by atoms with Gasteiger partial charge in [-0.15, -0.1) is 0 Å². The molecule has 3 N–H and O–H groups in total. The summed E-state index contributed by atoms with van der Waals surface area (Å²) in [6, 6.07) is 7.35. The summed E-state index contributed by atoms with van der Waals surface area (Å²) < 4.78 is 62.2. The summed E-state index contributed by atoms with van der Waals surface area (Å²) in [5, 5.41) is 13.7. The van der Waals surface area contributed by atoms with Crippen LogP contribution in [-0.4, -0.2) is 43.7 Å². The molecule has 3 rings (SSSR count). The molecule has 1 aromatic carbocycles. The van der Waals surface area contributed by atoms with Crippen LogP contribution in [0.5, 0.6) is 0 Å². The molecule has 0 saturated heterocycles. The number of ether oxygens (including phenoxy) is 1. The van der Waals surface area contributed by atoms with Crippen LogP contribution in [0.3, 0.4) is 0 Å². The van der Waals surface area contributed by atoms with Crippen LogP contribution in [0.1, 0.15) is 69.2 Å². The maximum absolute atomic E-state index is 14.4. The van der Waals surface area contributed by atoms with E-state index in [2.05, 4.69) is 20.3 Å². The van der Waals surface area contributed by atoms with Crippen molar-refractivity contribution in [2.45, 2.75) is 70.4 Å². The first-order valence-corrected chi connectivity index (χ1v) is 12.0. The largest absolute Gasteiger partial charge is 0.444 e. The minimum Gasteiger partial charge on any atom is -0.444 e. The fraction of sp³-hybridized carbons (Fsp3) is 0.407. The number of carbonyl (C=O) groups excluding carboxylic acids is 2. The lowest BCUT2D eigenvalue weighted by Gasteiger charge is -2.33. The number of ketones is 1. The zero-order valence-corrected chi connectivity index (χ0v) is 22.1. The number of aromatic amines is 1. The summed E-state index contributed by atoms with van der Waals surface area (Å²) in [6.07, 6.45) is -5.36. The summed E-state index contributed by atoms with van der Waals surface area (Å²) in [5.41, 5.74) is -6.04. The van der Waals surface area contributed by atoms with Gasteiger partial charge in [-0.25, -0.2) is 19.2 Å². The van der Waals surface area contributed by atoms with E-state index in [1.165, 1.54) is 30.7 Å². The summed E-state index contributed by atoms with van der Waals surface area (Å²) in [6.45, 7) is 8.05. The van der Waals surface area contributed by atoms with Crippen molar-refractivity contribution in [3.63, 3.8) is 0 Å². The van der Waals surface area contributed by atoms with Crippen molar-refractivity contribution in [3.05, 3.63) is 71.7 Å². The van der Waals surface area contributed by atoms with Crippen LogP contribution in [-0.2, 0) is 15.9 Å². The second-order valence-electron chi connectivity index (χ2n) is 10.6. The normalized spacial score (nSPS) is 14.0. The van der Waals surface area contributed by atoms with Crippen molar-refractivity contribution in [2.24, 2.45) is 0 Å². The van der Waals surface area contributed by atoms with E-state index in [9.17, 15) is 32.3 Å². The summed E-state index contributed by atoms with van der Waals surface area (Å²) >= 11 is 0. The van der Waals surface area contributed by atoms with Crippen LogP contribution in [0.25, 0.3) is 11.3 Å². The number of nitrogens with zero attached hydrogens (tertiary/aromatic N) is 2. The maximum atomic E-state index is 14.4. The predicted octanol–water partition coefficient (Wildman–Crippen LogP) is 5.78. The first-order chi connectivity index (χ1) is 17.9. The van der Waals surface area contributed by atoms with Gasteiger partial charge in [-0.2, -0.15) is 13.2 Å². The van der Waals surface area contributed by atoms with Crippen LogP contribution < -0.4 is 5.32 Å². The molecule has 0 aliphatic rings. The molecule has 2 heterocycles. The van der Waals surface area contributed by atoms with Crippen LogP contribution in [0.2, 0.25) is 0 Å². The Hall–Kier alpha value is -3.80. The average molecular weight is 551 g/mol. The second kappa shape index (κ2) is 10.8. The third-order valence-corrected chi connectivity index (χ3v) is 5.91. The number of nitrogens with one attached hydrogen (secondary N) is 2. The molecule has 0 saturated carbocycles. The van der Waals surface area contributed by atoms with Crippen molar-refractivity contribution in [2.75, 3.05) is 0 Å². The number of hydrogen-bond donors (Lipinski definition) is 3. The Morgan fingerprint density at radius 1 is 1.05 bits per heavy atom. The SMILES string of the molecule is CC(C)(C)OC(=O)NC(C)(C)c1cc(-c2ccc(F)cc2)nc(C(O)(CCC(=O)c2cnc[nH]2)C(F)(F)F)c1. The Kier molecular flexibility index (Phi) is 8.21. The predicted molar refractivity (Wildman–Crippen MR) is 134 cm³/mol. The third-order valence-electron chi connectivity index (χ3n) is 5.91. The molecule has 12 heteroatoms. The van der Waals surface area contributed by atoms with Crippen molar-refractivity contribution in [1.29, 1.82) is 0 Å². The zero-order valence-electron chi connectivity index (χ0n) is 22.1. The quantitative estimate of drug-likeness (QED) is 0.242. The molecule has 1 amide bonds. The Balaban J connectivity index is 2.11. The highest BCUT2D eigenvalue weighted by atomic mass is 19.4. The number of amides is 1. The molecule has 0 aliphatic heterocycles. The summed E-state index contributed by atoms with van der Waals surface area (Å²) in [5.74, 6) is -1.25. The number of Topliss-reactive ketones (excluding diaryl/α,β-unsaturated/α-hetero) is 1. The smallest absolute Gasteiger partial charge is 0.422 e. The lowest BCUT2D eigenvalue weighted by molar-refractivity contribution is -0.270. The molecule has 0 aliphatic carbocycles. The van der Waals surface area contributed by atoms with Crippen molar-refractivity contribution in [1.82, 2.24) is 20.3 Å². The fourth-order valence-electron chi connectivity index (χ4n) is 3.76. The molecule has 1 atom stereocenters. The minimum absolute atomic E-state index is 0.00377. The van der Waals surface area contributed by atoms with Gasteiger partial charge in [-0.1, -0.05) is 0 Å². The topological polar surface area (TPSA) is 117 Å². The minimum atomic E-state index is -5.23. The van der Waals surface area contributed by atoms with Gasteiger partial charge < -0.3 is 20.1 Å². The van der Waals surface area contributed by atoms with Gasteiger partial charge in [0.05, 0.1) is 29.5 Å². The number of aliphatic hydroxyl groups is 1. The number of imidazole rings is 1. The maximum Gasteiger partial charge on any atom is 0.422 e. The Morgan fingerprint density at radius 3 is 2.23 bits per heavy atom. The van der Waals surface area contributed by atoms with E-state index in [-0.39, 0.29) is 22.5 Å². The Bertz CT molecular complexity index is 1320. The molecule has 39 heavy (non-hydrogen) atoms. The van der Waals surface area contributed by atoms with Crippen molar-refractivity contribution >= 4 is 11.9 Å². The molecule has 3 aromatic rings. The first kappa shape index (κ1) is 29.8. The lowest BCUT2D eigenvalue weighted by Crippen LogP contribution is -2.45. The molecular formula is C27H30F4N4O4. The van der Waals surface area contributed by atoms with E-state index < -0.39 is 59.1 Å².